The molecule has 0 saturated carbocycles. The van der Waals surface area contributed by atoms with Crippen molar-refractivity contribution in [1.29, 1.82) is 0 Å². The van der Waals surface area contributed by atoms with Crippen LogP contribution in [0.3, 0.4) is 0 Å². The van der Waals surface area contributed by atoms with Gasteiger partial charge in [0, 0.05) is 23.1 Å². The normalized spacial score (nSPS) is 15.2. The first-order chi connectivity index (χ1) is 6.57. The Balaban J connectivity index is 3.21. The van der Waals surface area contributed by atoms with Crippen molar-refractivity contribution in [3.8, 4) is 0 Å². The van der Waals surface area contributed by atoms with Gasteiger partial charge in [-0.3, -0.25) is 0 Å². The molecule has 0 bridgehead atoms. The molecule has 0 aliphatic carbocycles. The van der Waals surface area contributed by atoms with Crippen LogP contribution in [0.5, 0.6) is 0 Å². The third-order valence-corrected chi connectivity index (χ3v) is 2.62. The highest BCUT2D eigenvalue weighted by molar-refractivity contribution is 6.31. The summed E-state index contributed by atoms with van der Waals surface area (Å²) in [5.74, 6) is -0.0816. The minimum Gasteiger partial charge on any atom is -0.396 e. The monoisotopic (exact) mass is 216 g/mol. The summed E-state index contributed by atoms with van der Waals surface area (Å²) in [6.07, 6.45) is -1.10. The first-order valence-corrected chi connectivity index (χ1v) is 4.99. The van der Waals surface area contributed by atoms with E-state index in [-0.39, 0.29) is 12.5 Å². The van der Waals surface area contributed by atoms with Crippen molar-refractivity contribution in [3.63, 3.8) is 0 Å². The zero-order chi connectivity index (χ0) is 10.7. The van der Waals surface area contributed by atoms with Gasteiger partial charge in [-0.2, -0.15) is 0 Å². The van der Waals surface area contributed by atoms with E-state index in [0.29, 0.717) is 10.6 Å². The lowest BCUT2D eigenvalue weighted by molar-refractivity contribution is 0.270. The van der Waals surface area contributed by atoms with Crippen molar-refractivity contribution in [2.75, 3.05) is 6.61 Å². The van der Waals surface area contributed by atoms with E-state index in [1.54, 1.807) is 18.2 Å². The van der Waals surface area contributed by atoms with E-state index in [2.05, 4.69) is 0 Å². The topological polar surface area (TPSA) is 20.2 Å². The fourth-order valence-electron chi connectivity index (χ4n) is 1.50. The fourth-order valence-corrected chi connectivity index (χ4v) is 1.83. The van der Waals surface area contributed by atoms with E-state index in [4.69, 9.17) is 16.7 Å². The quantitative estimate of drug-likeness (QED) is 0.821. The van der Waals surface area contributed by atoms with Gasteiger partial charge >= 0.3 is 0 Å². The zero-order valence-electron chi connectivity index (χ0n) is 8.30. The van der Waals surface area contributed by atoms with Gasteiger partial charge in [-0.25, -0.2) is 4.39 Å². The van der Waals surface area contributed by atoms with Crippen LogP contribution in [0.25, 0.3) is 0 Å². The minimum atomic E-state index is -1.10. The highest BCUT2D eigenvalue weighted by atomic mass is 35.5. The lowest BCUT2D eigenvalue weighted by atomic mass is 9.94. The average Bonchev–Trinajstić information content (AvgIpc) is 2.15. The van der Waals surface area contributed by atoms with Gasteiger partial charge in [0.05, 0.1) is 0 Å². The van der Waals surface area contributed by atoms with Crippen LogP contribution in [0.1, 0.15) is 37.1 Å². The van der Waals surface area contributed by atoms with Crippen molar-refractivity contribution in [1.82, 2.24) is 0 Å². The maximum absolute atomic E-state index is 13.3. The third-order valence-electron chi connectivity index (χ3n) is 2.29. The molecule has 0 radical (unpaired) electrons. The standard InChI is InChI=1S/C11H14ClFO/c1-7(6-14)9-4-3-5-10(12)11(9)8(2)13/h3-5,7-8,14H,6H2,1-2H3. The summed E-state index contributed by atoms with van der Waals surface area (Å²) >= 11 is 5.90. The predicted molar refractivity (Wildman–Crippen MR) is 56.5 cm³/mol. The number of aliphatic hydroxyl groups excluding tert-OH is 1. The van der Waals surface area contributed by atoms with Crippen LogP contribution < -0.4 is 0 Å². The Kier molecular flexibility index (Phi) is 3.90. The van der Waals surface area contributed by atoms with Crippen LogP contribution in [0.2, 0.25) is 5.02 Å². The van der Waals surface area contributed by atoms with E-state index in [1.807, 2.05) is 6.92 Å². The first-order valence-electron chi connectivity index (χ1n) is 4.61. The molecule has 0 fully saturated rings. The maximum atomic E-state index is 13.3. The fraction of sp³-hybridized carbons (Fsp3) is 0.455. The second kappa shape index (κ2) is 4.76. The van der Waals surface area contributed by atoms with Crippen LogP contribution in [-0.4, -0.2) is 11.7 Å². The predicted octanol–water partition coefficient (Wildman–Crippen LogP) is 3.47. The molecular weight excluding hydrogens is 203 g/mol. The molecule has 0 aliphatic rings. The molecule has 1 aromatic rings. The smallest absolute Gasteiger partial charge is 0.124 e. The molecule has 0 heterocycles. The lowest BCUT2D eigenvalue weighted by Gasteiger charge is -2.16. The molecule has 1 nitrogen and oxygen atoms in total. The summed E-state index contributed by atoms with van der Waals surface area (Å²) < 4.78 is 13.3. The van der Waals surface area contributed by atoms with Crippen LogP contribution in [0.15, 0.2) is 18.2 Å². The molecule has 1 aromatic carbocycles. The largest absolute Gasteiger partial charge is 0.396 e. The number of halogens is 2. The van der Waals surface area contributed by atoms with Crippen molar-refractivity contribution in [2.24, 2.45) is 0 Å². The number of rotatable bonds is 3. The Morgan fingerprint density at radius 3 is 2.57 bits per heavy atom. The van der Waals surface area contributed by atoms with Gasteiger partial charge in [-0.1, -0.05) is 30.7 Å². The Morgan fingerprint density at radius 1 is 1.43 bits per heavy atom. The lowest BCUT2D eigenvalue weighted by Crippen LogP contribution is -2.04. The Bertz CT molecular complexity index is 312. The molecule has 78 valence electrons. The molecule has 2 unspecified atom stereocenters. The number of benzene rings is 1. The van der Waals surface area contributed by atoms with Gasteiger partial charge in [-0.15, -0.1) is 0 Å². The summed E-state index contributed by atoms with van der Waals surface area (Å²) in [6.45, 7) is 3.30. The van der Waals surface area contributed by atoms with Crippen LogP contribution in [-0.2, 0) is 0 Å². The number of hydrogen-bond acceptors (Lipinski definition) is 1. The number of aliphatic hydroxyl groups is 1. The molecule has 1 N–H and O–H groups in total. The Hall–Kier alpha value is -0.600. The summed E-state index contributed by atoms with van der Waals surface area (Å²) in [7, 11) is 0. The summed E-state index contributed by atoms with van der Waals surface area (Å²) in [6, 6.07) is 5.24. The van der Waals surface area contributed by atoms with E-state index < -0.39 is 6.17 Å². The second-order valence-electron chi connectivity index (χ2n) is 3.44. The molecule has 0 aromatic heterocycles. The van der Waals surface area contributed by atoms with Gasteiger partial charge in [0.2, 0.25) is 0 Å². The number of hydrogen-bond donors (Lipinski definition) is 1. The summed E-state index contributed by atoms with van der Waals surface area (Å²) in [4.78, 5) is 0. The van der Waals surface area contributed by atoms with E-state index >= 15 is 0 Å². The van der Waals surface area contributed by atoms with Gasteiger partial charge < -0.3 is 5.11 Å². The molecule has 0 aliphatic heterocycles. The van der Waals surface area contributed by atoms with Crippen LogP contribution in [0.4, 0.5) is 4.39 Å². The van der Waals surface area contributed by atoms with Crippen LogP contribution in [0, 0.1) is 0 Å². The molecule has 1 rings (SSSR count). The summed E-state index contributed by atoms with van der Waals surface area (Å²) in [5.41, 5.74) is 1.28. The van der Waals surface area contributed by atoms with Gasteiger partial charge in [-0.05, 0) is 18.6 Å². The number of alkyl halides is 1. The molecule has 0 spiro atoms. The molecular formula is C11H14ClFO. The minimum absolute atomic E-state index is 0.0000617. The molecule has 0 saturated heterocycles. The van der Waals surface area contributed by atoms with E-state index in [1.165, 1.54) is 6.92 Å². The SMILES string of the molecule is CC(F)c1c(Cl)cccc1C(C)CO. The van der Waals surface area contributed by atoms with E-state index in [0.717, 1.165) is 5.56 Å². The van der Waals surface area contributed by atoms with Crippen molar-refractivity contribution in [3.05, 3.63) is 34.3 Å². The molecule has 2 atom stereocenters. The highest BCUT2D eigenvalue weighted by Crippen LogP contribution is 2.32. The molecule has 3 heteroatoms. The van der Waals surface area contributed by atoms with Crippen molar-refractivity contribution >= 4 is 11.6 Å². The Labute approximate surface area is 88.5 Å². The maximum Gasteiger partial charge on any atom is 0.124 e. The third kappa shape index (κ3) is 2.25. The van der Waals surface area contributed by atoms with Crippen molar-refractivity contribution < 1.29 is 9.50 Å². The van der Waals surface area contributed by atoms with Gasteiger partial charge in [0.15, 0.2) is 0 Å². The second-order valence-corrected chi connectivity index (χ2v) is 3.85. The molecule has 0 amide bonds. The molecule has 14 heavy (non-hydrogen) atoms. The highest BCUT2D eigenvalue weighted by Gasteiger charge is 2.16. The van der Waals surface area contributed by atoms with Crippen LogP contribution >= 0.6 is 11.6 Å². The summed E-state index contributed by atoms with van der Waals surface area (Å²) in [5, 5.41) is 9.45. The van der Waals surface area contributed by atoms with Gasteiger partial charge in [0.25, 0.3) is 0 Å². The first kappa shape index (κ1) is 11.5. The average molecular weight is 217 g/mol. The Morgan fingerprint density at radius 2 is 2.07 bits per heavy atom. The zero-order valence-corrected chi connectivity index (χ0v) is 9.05. The van der Waals surface area contributed by atoms with Crippen molar-refractivity contribution in [2.45, 2.75) is 25.9 Å². The van der Waals surface area contributed by atoms with Gasteiger partial charge in [0.1, 0.15) is 6.17 Å². The van der Waals surface area contributed by atoms with E-state index in [9.17, 15) is 4.39 Å².